The lowest BCUT2D eigenvalue weighted by Crippen LogP contribution is -2.34. The minimum atomic E-state index is -0.153. The molecule has 0 spiro atoms. The molecule has 0 aliphatic carbocycles. The molecule has 2 heterocycles. The average Bonchev–Trinajstić information content (AvgIpc) is 3.05. The van der Waals surface area contributed by atoms with Crippen LogP contribution in [0.2, 0.25) is 0 Å². The van der Waals surface area contributed by atoms with Crippen LogP contribution in [0.5, 0.6) is 5.88 Å². The van der Waals surface area contributed by atoms with E-state index in [4.69, 9.17) is 4.74 Å². The van der Waals surface area contributed by atoms with E-state index in [9.17, 15) is 4.79 Å². The van der Waals surface area contributed by atoms with Crippen molar-refractivity contribution in [2.45, 2.75) is 6.04 Å². The fourth-order valence-corrected chi connectivity index (χ4v) is 2.78. The molecule has 0 saturated carbocycles. The molecule has 0 saturated heterocycles. The van der Waals surface area contributed by atoms with E-state index < -0.39 is 0 Å². The van der Waals surface area contributed by atoms with E-state index in [1.54, 1.807) is 19.2 Å². The fourth-order valence-electron chi connectivity index (χ4n) is 2.78. The highest BCUT2D eigenvalue weighted by Crippen LogP contribution is 2.19. The predicted molar refractivity (Wildman–Crippen MR) is 97.8 cm³/mol. The van der Waals surface area contributed by atoms with Gasteiger partial charge in [0.15, 0.2) is 0 Å². The van der Waals surface area contributed by atoms with Crippen molar-refractivity contribution in [2.24, 2.45) is 0 Å². The second-order valence-electron chi connectivity index (χ2n) is 6.07. The Morgan fingerprint density at radius 3 is 2.68 bits per heavy atom. The summed E-state index contributed by atoms with van der Waals surface area (Å²) < 4.78 is 5.11. The Hall–Kier alpha value is -2.86. The molecule has 0 aliphatic rings. The van der Waals surface area contributed by atoms with Crippen LogP contribution in [-0.2, 0) is 0 Å². The maximum Gasteiger partial charge on any atom is 0.267 e. The Bertz CT molecular complexity index is 858. The predicted octanol–water partition coefficient (Wildman–Crippen LogP) is 2.60. The first-order valence-corrected chi connectivity index (χ1v) is 8.12. The van der Waals surface area contributed by atoms with Gasteiger partial charge in [0.25, 0.3) is 5.91 Å². The summed E-state index contributed by atoms with van der Waals surface area (Å²) in [5, 5.41) is 3.87. The highest BCUT2D eigenvalue weighted by Gasteiger charge is 2.17. The zero-order valence-corrected chi connectivity index (χ0v) is 14.6. The molecule has 2 aromatic heterocycles. The Kier molecular flexibility index (Phi) is 5.00. The van der Waals surface area contributed by atoms with E-state index in [0.717, 1.165) is 10.9 Å². The molecule has 0 radical (unpaired) electrons. The number of carbonyl (C=O) groups excluding carboxylic acids is 1. The molecule has 1 atom stereocenters. The van der Waals surface area contributed by atoms with Crippen molar-refractivity contribution in [2.75, 3.05) is 27.7 Å². The van der Waals surface area contributed by atoms with Gasteiger partial charge in [0.05, 0.1) is 13.2 Å². The van der Waals surface area contributed by atoms with Crippen LogP contribution in [0.15, 0.2) is 48.5 Å². The van der Waals surface area contributed by atoms with Crippen LogP contribution in [0, 0.1) is 0 Å². The lowest BCUT2D eigenvalue weighted by atomic mass is 10.1. The number of amides is 1. The molecule has 0 bridgehead atoms. The summed E-state index contributed by atoms with van der Waals surface area (Å²) in [5.41, 5.74) is 2.29. The molecule has 3 rings (SSSR count). The number of aromatic nitrogens is 2. The number of carbonyl (C=O) groups is 1. The van der Waals surface area contributed by atoms with Gasteiger partial charge in [-0.25, -0.2) is 0 Å². The van der Waals surface area contributed by atoms with Crippen molar-refractivity contribution < 1.29 is 9.53 Å². The van der Waals surface area contributed by atoms with Crippen LogP contribution in [0.1, 0.15) is 22.1 Å². The van der Waals surface area contributed by atoms with Crippen LogP contribution in [0.3, 0.4) is 0 Å². The third kappa shape index (κ3) is 3.80. The number of rotatable bonds is 6. The van der Waals surface area contributed by atoms with E-state index in [-0.39, 0.29) is 11.9 Å². The summed E-state index contributed by atoms with van der Waals surface area (Å²) in [7, 11) is 5.57. The van der Waals surface area contributed by atoms with Gasteiger partial charge >= 0.3 is 0 Å². The van der Waals surface area contributed by atoms with Gasteiger partial charge in [-0.1, -0.05) is 30.3 Å². The topological polar surface area (TPSA) is 70.2 Å². The van der Waals surface area contributed by atoms with Gasteiger partial charge in [0.1, 0.15) is 11.3 Å². The minimum Gasteiger partial charge on any atom is -0.481 e. The van der Waals surface area contributed by atoms with Gasteiger partial charge in [-0.05, 0) is 31.8 Å². The number of hydrogen-bond acceptors (Lipinski definition) is 4. The molecule has 3 aromatic rings. The zero-order valence-electron chi connectivity index (χ0n) is 14.6. The normalized spacial score (nSPS) is 12.3. The van der Waals surface area contributed by atoms with Crippen LogP contribution in [0.4, 0.5) is 0 Å². The molecular weight excluding hydrogens is 316 g/mol. The minimum absolute atomic E-state index is 0.104. The number of ether oxygens (including phenoxy) is 1. The van der Waals surface area contributed by atoms with Crippen LogP contribution in [-0.4, -0.2) is 48.5 Å². The smallest absolute Gasteiger partial charge is 0.267 e. The van der Waals surface area contributed by atoms with Crippen LogP contribution >= 0.6 is 0 Å². The molecule has 6 heteroatoms. The highest BCUT2D eigenvalue weighted by molar-refractivity contribution is 5.97. The van der Waals surface area contributed by atoms with Gasteiger partial charge in [-0.3, -0.25) is 4.79 Å². The summed E-state index contributed by atoms with van der Waals surface area (Å²) in [4.78, 5) is 21.9. The highest BCUT2D eigenvalue weighted by atomic mass is 16.5. The van der Waals surface area contributed by atoms with E-state index in [2.05, 4.69) is 32.3 Å². The number of benzene rings is 1. The monoisotopic (exact) mass is 338 g/mol. The molecule has 1 amide bonds. The van der Waals surface area contributed by atoms with Gasteiger partial charge in [0.2, 0.25) is 5.88 Å². The number of likely N-dealkylation sites (N-methyl/N-ethyl adjacent to an activating group) is 1. The molecule has 0 aliphatic heterocycles. The molecule has 0 fully saturated rings. The molecule has 2 N–H and O–H groups in total. The van der Waals surface area contributed by atoms with Crippen molar-refractivity contribution in [3.05, 3.63) is 59.8 Å². The maximum atomic E-state index is 12.5. The first-order chi connectivity index (χ1) is 12.1. The molecule has 1 unspecified atom stereocenters. The second kappa shape index (κ2) is 7.36. The fraction of sp³-hybridized carbons (Fsp3) is 0.263. The number of pyridine rings is 1. The van der Waals surface area contributed by atoms with Crippen LogP contribution < -0.4 is 10.1 Å². The van der Waals surface area contributed by atoms with Gasteiger partial charge in [0, 0.05) is 18.0 Å². The van der Waals surface area contributed by atoms with Gasteiger partial charge in [-0.2, -0.15) is 4.98 Å². The first-order valence-electron chi connectivity index (χ1n) is 8.12. The van der Waals surface area contributed by atoms with Crippen molar-refractivity contribution >= 4 is 16.9 Å². The lowest BCUT2D eigenvalue weighted by molar-refractivity contribution is 0.0937. The SMILES string of the molecule is COc1ccc2cc(C(=O)NCC(c3ccccc3)N(C)C)[nH]c2n1. The number of fused-ring (bicyclic) bond motifs is 1. The standard InChI is InChI=1S/C19H22N4O2/c1-23(2)16(13-7-5-4-6-8-13)12-20-19(24)15-11-14-9-10-17(25-3)22-18(14)21-15/h4-11,16H,12H2,1-3H3,(H,20,24)(H,21,22). The Morgan fingerprint density at radius 1 is 1.24 bits per heavy atom. The Labute approximate surface area is 146 Å². The van der Waals surface area contributed by atoms with E-state index in [0.29, 0.717) is 23.8 Å². The second-order valence-corrected chi connectivity index (χ2v) is 6.07. The summed E-state index contributed by atoms with van der Waals surface area (Å²) in [6.45, 7) is 0.516. The summed E-state index contributed by atoms with van der Waals surface area (Å²) in [5.74, 6) is 0.359. The summed E-state index contributed by atoms with van der Waals surface area (Å²) >= 11 is 0. The Balaban J connectivity index is 1.73. The largest absolute Gasteiger partial charge is 0.481 e. The third-order valence-corrected chi connectivity index (χ3v) is 4.17. The van der Waals surface area contributed by atoms with Gasteiger partial charge in [-0.15, -0.1) is 0 Å². The average molecular weight is 338 g/mol. The van der Waals surface area contributed by atoms with Crippen molar-refractivity contribution in [3.63, 3.8) is 0 Å². The van der Waals surface area contributed by atoms with Crippen LogP contribution in [0.25, 0.3) is 11.0 Å². The van der Waals surface area contributed by atoms with E-state index in [1.807, 2.05) is 38.4 Å². The molecule has 1 aromatic carbocycles. The first kappa shape index (κ1) is 17.0. The van der Waals surface area contributed by atoms with E-state index in [1.165, 1.54) is 0 Å². The van der Waals surface area contributed by atoms with Gasteiger partial charge < -0.3 is 19.9 Å². The zero-order chi connectivity index (χ0) is 17.8. The molecule has 25 heavy (non-hydrogen) atoms. The van der Waals surface area contributed by atoms with Crippen molar-refractivity contribution in [1.82, 2.24) is 20.2 Å². The number of methoxy groups -OCH3 is 1. The number of aromatic amines is 1. The third-order valence-electron chi connectivity index (χ3n) is 4.17. The number of hydrogen-bond donors (Lipinski definition) is 2. The molecule has 130 valence electrons. The molecular formula is C19H22N4O2. The number of nitrogens with one attached hydrogen (secondary N) is 2. The lowest BCUT2D eigenvalue weighted by Gasteiger charge is -2.25. The van der Waals surface area contributed by atoms with E-state index >= 15 is 0 Å². The number of nitrogens with zero attached hydrogens (tertiary/aromatic N) is 2. The molecule has 6 nitrogen and oxygen atoms in total. The summed E-state index contributed by atoms with van der Waals surface area (Å²) in [6, 6.07) is 15.7. The van der Waals surface area contributed by atoms with Crippen molar-refractivity contribution in [1.29, 1.82) is 0 Å². The quantitative estimate of drug-likeness (QED) is 0.725. The maximum absolute atomic E-state index is 12.5. The summed E-state index contributed by atoms with van der Waals surface area (Å²) in [6.07, 6.45) is 0. The number of H-pyrrole nitrogens is 1. The van der Waals surface area contributed by atoms with Crippen molar-refractivity contribution in [3.8, 4) is 5.88 Å². The Morgan fingerprint density at radius 2 is 2.00 bits per heavy atom.